The summed E-state index contributed by atoms with van der Waals surface area (Å²) in [5, 5.41) is 0. The van der Waals surface area contributed by atoms with Crippen molar-refractivity contribution in [2.24, 2.45) is 5.73 Å². The first-order valence-electron chi connectivity index (χ1n) is 6.35. The van der Waals surface area contributed by atoms with Crippen LogP contribution in [0.25, 0.3) is 0 Å². The van der Waals surface area contributed by atoms with Crippen molar-refractivity contribution in [1.82, 2.24) is 0 Å². The van der Waals surface area contributed by atoms with Crippen molar-refractivity contribution < 1.29 is 9.13 Å². The van der Waals surface area contributed by atoms with Gasteiger partial charge >= 0.3 is 0 Å². The number of nitrogens with two attached hydrogens (primary N) is 1. The van der Waals surface area contributed by atoms with E-state index >= 15 is 0 Å². The second-order valence-electron chi connectivity index (χ2n) is 4.48. The molecule has 4 heteroatoms. The highest BCUT2D eigenvalue weighted by Gasteiger charge is 2.10. The van der Waals surface area contributed by atoms with Crippen molar-refractivity contribution in [1.29, 1.82) is 0 Å². The minimum Gasteiger partial charge on any atom is -0.488 e. The lowest BCUT2D eigenvalue weighted by atomic mass is 10.1. The van der Waals surface area contributed by atoms with Crippen LogP contribution >= 0.6 is 11.3 Å². The third kappa shape index (κ3) is 3.55. The first kappa shape index (κ1) is 14.0. The minimum absolute atomic E-state index is 0.250. The van der Waals surface area contributed by atoms with Crippen molar-refractivity contribution in [3.63, 3.8) is 0 Å². The van der Waals surface area contributed by atoms with E-state index in [1.54, 1.807) is 17.4 Å². The molecule has 0 saturated carbocycles. The molecule has 0 fully saturated rings. The summed E-state index contributed by atoms with van der Waals surface area (Å²) in [6, 6.07) is 8.40. The lowest BCUT2D eigenvalue weighted by Crippen LogP contribution is -2.08. The molecule has 2 rings (SSSR count). The summed E-state index contributed by atoms with van der Waals surface area (Å²) in [4.78, 5) is 2.50. The fraction of sp³-hybridized carbons (Fsp3) is 0.333. The van der Waals surface area contributed by atoms with Crippen molar-refractivity contribution in [3.8, 4) is 5.75 Å². The molecule has 0 spiro atoms. The average Bonchev–Trinajstić information content (AvgIpc) is 2.85. The highest BCUT2D eigenvalue weighted by molar-refractivity contribution is 7.11. The van der Waals surface area contributed by atoms with E-state index in [0.29, 0.717) is 17.9 Å². The molecule has 0 radical (unpaired) electrons. The first-order valence-corrected chi connectivity index (χ1v) is 7.17. The summed E-state index contributed by atoms with van der Waals surface area (Å²) in [6.07, 6.45) is 1.03. The van der Waals surface area contributed by atoms with Gasteiger partial charge in [-0.2, -0.15) is 0 Å². The van der Waals surface area contributed by atoms with Crippen molar-refractivity contribution in [3.05, 3.63) is 51.5 Å². The molecule has 1 aromatic heterocycles. The Bertz CT molecular complexity index is 551. The molecule has 0 bridgehead atoms. The molecule has 0 amide bonds. The predicted octanol–water partition coefficient (Wildman–Crippen LogP) is 4.05. The fourth-order valence-corrected chi connectivity index (χ4v) is 2.72. The highest BCUT2D eigenvalue weighted by atomic mass is 32.1. The molecule has 0 aliphatic heterocycles. The van der Waals surface area contributed by atoms with Crippen LogP contribution < -0.4 is 10.5 Å². The Morgan fingerprint density at radius 1 is 1.26 bits per heavy atom. The second-order valence-corrected chi connectivity index (χ2v) is 5.73. The fourth-order valence-electron chi connectivity index (χ4n) is 1.85. The number of hydrogen-bond acceptors (Lipinski definition) is 3. The topological polar surface area (TPSA) is 35.2 Å². The van der Waals surface area contributed by atoms with Gasteiger partial charge in [-0.3, -0.25) is 0 Å². The van der Waals surface area contributed by atoms with E-state index in [1.807, 2.05) is 6.92 Å². The molecule has 1 heterocycles. The van der Waals surface area contributed by atoms with Gasteiger partial charge in [-0.05, 0) is 43.7 Å². The van der Waals surface area contributed by atoms with Gasteiger partial charge in [0.15, 0.2) is 0 Å². The lowest BCUT2D eigenvalue weighted by Gasteiger charge is -2.13. The molecule has 1 atom stereocenters. The van der Waals surface area contributed by atoms with Gasteiger partial charge in [0.25, 0.3) is 0 Å². The van der Waals surface area contributed by atoms with Gasteiger partial charge in [0.05, 0.1) is 0 Å². The molecule has 19 heavy (non-hydrogen) atoms. The van der Waals surface area contributed by atoms with Crippen LogP contribution in [0.15, 0.2) is 30.3 Å². The molecule has 2 nitrogen and oxygen atoms in total. The SMILES string of the molecule is CCc1ccc(COc2ccc(F)cc2C(C)N)s1. The van der Waals surface area contributed by atoms with Crippen LogP contribution in [0.1, 0.15) is 35.2 Å². The lowest BCUT2D eigenvalue weighted by molar-refractivity contribution is 0.304. The van der Waals surface area contributed by atoms with E-state index in [0.717, 1.165) is 11.3 Å². The Morgan fingerprint density at radius 2 is 2.00 bits per heavy atom. The summed E-state index contributed by atoms with van der Waals surface area (Å²) in [5.41, 5.74) is 6.54. The maximum absolute atomic E-state index is 13.2. The monoisotopic (exact) mass is 279 g/mol. The van der Waals surface area contributed by atoms with Crippen LogP contribution in [0.3, 0.4) is 0 Å². The zero-order valence-electron chi connectivity index (χ0n) is 11.2. The Morgan fingerprint density at radius 3 is 2.63 bits per heavy atom. The Hall–Kier alpha value is -1.39. The molecular weight excluding hydrogens is 261 g/mol. The molecule has 0 aliphatic rings. The van der Waals surface area contributed by atoms with Gasteiger partial charge in [-0.25, -0.2) is 4.39 Å². The number of hydrogen-bond donors (Lipinski definition) is 1. The molecule has 2 N–H and O–H groups in total. The number of thiophene rings is 1. The van der Waals surface area contributed by atoms with Gasteiger partial charge in [0, 0.05) is 21.4 Å². The maximum atomic E-state index is 13.2. The first-order chi connectivity index (χ1) is 9.10. The van der Waals surface area contributed by atoms with E-state index in [1.165, 1.54) is 17.0 Å². The zero-order chi connectivity index (χ0) is 13.8. The second kappa shape index (κ2) is 6.17. The molecule has 1 aromatic carbocycles. The largest absolute Gasteiger partial charge is 0.488 e. The quantitative estimate of drug-likeness (QED) is 0.896. The summed E-state index contributed by atoms with van der Waals surface area (Å²) in [7, 11) is 0. The third-order valence-corrected chi connectivity index (χ3v) is 4.10. The van der Waals surface area contributed by atoms with Crippen LogP contribution in [0.5, 0.6) is 5.75 Å². The zero-order valence-corrected chi connectivity index (χ0v) is 12.0. The molecule has 1 unspecified atom stereocenters. The number of halogens is 1. The van der Waals surface area contributed by atoms with Crippen LogP contribution in [-0.4, -0.2) is 0 Å². The van der Waals surface area contributed by atoms with E-state index in [2.05, 4.69) is 19.1 Å². The maximum Gasteiger partial charge on any atom is 0.124 e. The number of benzene rings is 1. The van der Waals surface area contributed by atoms with Crippen molar-refractivity contribution in [2.45, 2.75) is 32.9 Å². The molecule has 2 aromatic rings. The van der Waals surface area contributed by atoms with Gasteiger partial charge < -0.3 is 10.5 Å². The van der Waals surface area contributed by atoms with Crippen LogP contribution in [0.4, 0.5) is 4.39 Å². The van der Waals surface area contributed by atoms with E-state index in [-0.39, 0.29) is 11.9 Å². The normalized spacial score (nSPS) is 12.4. The highest BCUT2D eigenvalue weighted by Crippen LogP contribution is 2.26. The van der Waals surface area contributed by atoms with Crippen molar-refractivity contribution >= 4 is 11.3 Å². The Balaban J connectivity index is 2.10. The predicted molar refractivity (Wildman–Crippen MR) is 77.0 cm³/mol. The average molecular weight is 279 g/mol. The van der Waals surface area contributed by atoms with E-state index in [9.17, 15) is 4.39 Å². The Labute approximate surface area is 117 Å². The van der Waals surface area contributed by atoms with Gasteiger partial charge in [0.1, 0.15) is 18.2 Å². The third-order valence-electron chi connectivity index (χ3n) is 2.90. The summed E-state index contributed by atoms with van der Waals surface area (Å²) < 4.78 is 19.0. The van der Waals surface area contributed by atoms with Crippen LogP contribution in [0, 0.1) is 5.82 Å². The van der Waals surface area contributed by atoms with Gasteiger partial charge in [-0.1, -0.05) is 6.92 Å². The molecule has 0 aliphatic carbocycles. The van der Waals surface area contributed by atoms with Crippen molar-refractivity contribution in [2.75, 3.05) is 0 Å². The molecule has 102 valence electrons. The van der Waals surface area contributed by atoms with E-state index in [4.69, 9.17) is 10.5 Å². The van der Waals surface area contributed by atoms with E-state index < -0.39 is 0 Å². The number of ether oxygens (including phenoxy) is 1. The summed E-state index contributed by atoms with van der Waals surface area (Å²) in [6.45, 7) is 4.45. The van der Waals surface area contributed by atoms with Crippen LogP contribution in [0.2, 0.25) is 0 Å². The summed E-state index contributed by atoms with van der Waals surface area (Å²) >= 11 is 1.74. The number of rotatable bonds is 5. The van der Waals surface area contributed by atoms with Gasteiger partial charge in [0.2, 0.25) is 0 Å². The Kier molecular flexibility index (Phi) is 4.56. The molecular formula is C15H18FNOS. The number of aryl methyl sites for hydroxylation is 1. The molecule has 0 saturated heterocycles. The standard InChI is InChI=1S/C15H18FNOS/c1-3-12-5-6-13(19-12)9-18-15-7-4-11(16)8-14(15)10(2)17/h4-8,10H,3,9,17H2,1-2H3. The summed E-state index contributed by atoms with van der Waals surface area (Å²) in [5.74, 6) is 0.367. The van der Waals surface area contributed by atoms with Gasteiger partial charge in [-0.15, -0.1) is 11.3 Å². The minimum atomic E-state index is -0.288. The van der Waals surface area contributed by atoms with Crippen LogP contribution in [-0.2, 0) is 13.0 Å². The smallest absolute Gasteiger partial charge is 0.124 e.